The summed E-state index contributed by atoms with van der Waals surface area (Å²) >= 11 is 5.93. The van der Waals surface area contributed by atoms with Gasteiger partial charge in [-0.25, -0.2) is 4.79 Å². The second-order valence-corrected chi connectivity index (χ2v) is 4.44. The standard InChI is InChI=1S/C14H20ClNO5/c1-18-5-6-19-7-8-20-9-10-21-14(17)11-3-2-4-12(16)13(11)15/h2-4H,5-10,16H2,1H3. The SMILES string of the molecule is COCCOCCOCCOC(=O)c1cccc(N)c1Cl. The van der Waals surface area contributed by atoms with Crippen LogP contribution in [0.5, 0.6) is 0 Å². The normalized spacial score (nSPS) is 10.6. The number of rotatable bonds is 10. The maximum atomic E-state index is 11.8. The van der Waals surface area contributed by atoms with E-state index in [-0.39, 0.29) is 17.2 Å². The highest BCUT2D eigenvalue weighted by Crippen LogP contribution is 2.23. The van der Waals surface area contributed by atoms with Gasteiger partial charge < -0.3 is 24.7 Å². The summed E-state index contributed by atoms with van der Waals surface area (Å²) in [5.74, 6) is -0.521. The van der Waals surface area contributed by atoms with Crippen molar-refractivity contribution in [2.45, 2.75) is 0 Å². The number of ether oxygens (including phenoxy) is 4. The third kappa shape index (κ3) is 6.77. The van der Waals surface area contributed by atoms with Gasteiger partial charge in [0.25, 0.3) is 0 Å². The molecule has 0 aliphatic heterocycles. The highest BCUT2D eigenvalue weighted by molar-refractivity contribution is 6.36. The Hall–Kier alpha value is -1.34. The van der Waals surface area contributed by atoms with Gasteiger partial charge in [-0.3, -0.25) is 0 Å². The highest BCUT2D eigenvalue weighted by atomic mass is 35.5. The fourth-order valence-corrected chi connectivity index (χ4v) is 1.65. The first-order valence-electron chi connectivity index (χ1n) is 6.52. The van der Waals surface area contributed by atoms with Gasteiger partial charge in [-0.1, -0.05) is 17.7 Å². The molecule has 1 rings (SSSR count). The molecule has 1 aromatic carbocycles. The van der Waals surface area contributed by atoms with Crippen molar-refractivity contribution >= 4 is 23.3 Å². The van der Waals surface area contributed by atoms with Crippen LogP contribution in [0.15, 0.2) is 18.2 Å². The van der Waals surface area contributed by atoms with E-state index in [1.54, 1.807) is 25.3 Å². The molecule has 0 heterocycles. The van der Waals surface area contributed by atoms with Gasteiger partial charge in [0.05, 0.1) is 49.3 Å². The predicted octanol–water partition coefficient (Wildman–Crippen LogP) is 1.76. The second kappa shape index (κ2) is 10.4. The molecule has 0 amide bonds. The van der Waals surface area contributed by atoms with Crippen LogP contribution in [-0.2, 0) is 18.9 Å². The molecule has 0 aliphatic carbocycles. The summed E-state index contributed by atoms with van der Waals surface area (Å²) in [5, 5.41) is 0.204. The summed E-state index contributed by atoms with van der Waals surface area (Å²) in [6.07, 6.45) is 0. The number of esters is 1. The molecule has 6 nitrogen and oxygen atoms in total. The second-order valence-electron chi connectivity index (χ2n) is 4.06. The van der Waals surface area contributed by atoms with Crippen LogP contribution in [0.25, 0.3) is 0 Å². The Morgan fingerprint density at radius 2 is 1.71 bits per heavy atom. The summed E-state index contributed by atoms with van der Waals surface area (Å²) in [7, 11) is 1.61. The smallest absolute Gasteiger partial charge is 0.339 e. The molecule has 0 fully saturated rings. The number of methoxy groups -OCH3 is 1. The van der Waals surface area contributed by atoms with Crippen molar-refractivity contribution in [3.63, 3.8) is 0 Å². The van der Waals surface area contributed by atoms with Crippen molar-refractivity contribution in [2.75, 3.05) is 52.5 Å². The zero-order chi connectivity index (χ0) is 15.5. The number of halogens is 1. The lowest BCUT2D eigenvalue weighted by atomic mass is 10.2. The van der Waals surface area contributed by atoms with Crippen molar-refractivity contribution in [2.24, 2.45) is 0 Å². The van der Waals surface area contributed by atoms with Crippen molar-refractivity contribution in [1.82, 2.24) is 0 Å². The predicted molar refractivity (Wildman–Crippen MR) is 79.7 cm³/mol. The molecule has 1 aromatic rings. The average Bonchev–Trinajstić information content (AvgIpc) is 2.48. The molecule has 0 unspecified atom stereocenters. The Balaban J connectivity index is 2.13. The van der Waals surface area contributed by atoms with E-state index in [1.165, 1.54) is 0 Å². The van der Waals surface area contributed by atoms with Gasteiger partial charge >= 0.3 is 5.97 Å². The number of hydrogen-bond donors (Lipinski definition) is 1. The molecule has 0 atom stereocenters. The molecule has 0 spiro atoms. The van der Waals surface area contributed by atoms with Crippen molar-refractivity contribution in [3.8, 4) is 0 Å². The van der Waals surface area contributed by atoms with E-state index in [0.717, 1.165) is 0 Å². The number of hydrogen-bond acceptors (Lipinski definition) is 6. The topological polar surface area (TPSA) is 80.0 Å². The van der Waals surface area contributed by atoms with Crippen molar-refractivity contribution in [3.05, 3.63) is 28.8 Å². The maximum absolute atomic E-state index is 11.8. The van der Waals surface area contributed by atoms with Crippen LogP contribution < -0.4 is 5.73 Å². The van der Waals surface area contributed by atoms with E-state index >= 15 is 0 Å². The van der Waals surface area contributed by atoms with E-state index in [0.29, 0.717) is 38.7 Å². The van der Waals surface area contributed by atoms with Gasteiger partial charge in [0.15, 0.2) is 0 Å². The van der Waals surface area contributed by atoms with E-state index in [4.69, 9.17) is 36.3 Å². The molecule has 0 saturated carbocycles. The minimum absolute atomic E-state index is 0.141. The van der Waals surface area contributed by atoms with Crippen molar-refractivity contribution < 1.29 is 23.7 Å². The lowest BCUT2D eigenvalue weighted by Crippen LogP contribution is -2.14. The molecule has 0 bridgehead atoms. The first-order chi connectivity index (χ1) is 10.2. The zero-order valence-electron chi connectivity index (χ0n) is 12.0. The first kappa shape index (κ1) is 17.7. The number of nitrogens with two attached hydrogens (primary N) is 1. The van der Waals surface area contributed by atoms with Gasteiger partial charge in [-0.05, 0) is 12.1 Å². The molecule has 2 N–H and O–H groups in total. The van der Waals surface area contributed by atoms with E-state index in [1.807, 2.05) is 0 Å². The summed E-state index contributed by atoms with van der Waals surface area (Å²) in [6, 6.07) is 4.82. The number of carbonyl (C=O) groups excluding carboxylic acids is 1. The first-order valence-corrected chi connectivity index (χ1v) is 6.90. The van der Waals surface area contributed by atoms with Gasteiger partial charge in [-0.2, -0.15) is 0 Å². The molecule has 0 aliphatic rings. The summed E-state index contributed by atoms with van der Waals surface area (Å²) in [6.45, 7) is 2.42. The fraction of sp³-hybridized carbons (Fsp3) is 0.500. The molecule has 21 heavy (non-hydrogen) atoms. The Morgan fingerprint density at radius 3 is 2.38 bits per heavy atom. The lowest BCUT2D eigenvalue weighted by molar-refractivity contribution is 0.00571. The van der Waals surface area contributed by atoms with Gasteiger partial charge in [-0.15, -0.1) is 0 Å². The molecular formula is C14H20ClNO5. The highest BCUT2D eigenvalue weighted by Gasteiger charge is 2.13. The Morgan fingerprint density at radius 1 is 1.10 bits per heavy atom. The molecule has 7 heteroatoms. The average molecular weight is 318 g/mol. The minimum atomic E-state index is -0.521. The number of carbonyl (C=O) groups is 1. The molecule has 0 radical (unpaired) electrons. The van der Waals surface area contributed by atoms with Gasteiger partial charge in [0.1, 0.15) is 6.61 Å². The van der Waals surface area contributed by atoms with Crippen LogP contribution in [0, 0.1) is 0 Å². The summed E-state index contributed by atoms with van der Waals surface area (Å²) in [4.78, 5) is 11.8. The van der Waals surface area contributed by atoms with Crippen LogP contribution in [0.2, 0.25) is 5.02 Å². The third-order valence-corrected chi connectivity index (χ3v) is 2.93. The quantitative estimate of drug-likeness (QED) is 0.402. The maximum Gasteiger partial charge on any atom is 0.339 e. The lowest BCUT2D eigenvalue weighted by Gasteiger charge is -2.08. The monoisotopic (exact) mass is 317 g/mol. The summed E-state index contributed by atoms with van der Waals surface area (Å²) in [5.41, 5.74) is 6.21. The molecule has 118 valence electrons. The van der Waals surface area contributed by atoms with Gasteiger partial charge in [0, 0.05) is 7.11 Å². The van der Waals surface area contributed by atoms with E-state index in [9.17, 15) is 4.79 Å². The number of benzene rings is 1. The molecule has 0 aromatic heterocycles. The largest absolute Gasteiger partial charge is 0.460 e. The van der Waals surface area contributed by atoms with Crippen LogP contribution in [-0.4, -0.2) is 52.7 Å². The van der Waals surface area contributed by atoms with Crippen molar-refractivity contribution in [1.29, 1.82) is 0 Å². The van der Waals surface area contributed by atoms with Crippen LogP contribution >= 0.6 is 11.6 Å². The molecular weight excluding hydrogens is 298 g/mol. The number of nitrogen functional groups attached to an aromatic ring is 1. The Labute approximate surface area is 129 Å². The van der Waals surface area contributed by atoms with E-state index < -0.39 is 5.97 Å². The molecule has 0 saturated heterocycles. The third-order valence-electron chi connectivity index (χ3n) is 2.51. The zero-order valence-corrected chi connectivity index (χ0v) is 12.7. The Bertz CT molecular complexity index is 441. The fourth-order valence-electron chi connectivity index (χ4n) is 1.44. The minimum Gasteiger partial charge on any atom is -0.460 e. The van der Waals surface area contributed by atoms with Crippen LogP contribution in [0.3, 0.4) is 0 Å². The summed E-state index contributed by atoms with van der Waals surface area (Å²) < 4.78 is 20.3. The van der Waals surface area contributed by atoms with Crippen LogP contribution in [0.4, 0.5) is 5.69 Å². The van der Waals surface area contributed by atoms with Crippen LogP contribution in [0.1, 0.15) is 10.4 Å². The Kier molecular flexibility index (Phi) is 8.77. The van der Waals surface area contributed by atoms with Gasteiger partial charge in [0.2, 0.25) is 0 Å². The van der Waals surface area contributed by atoms with E-state index in [2.05, 4.69) is 0 Å². The number of anilines is 1.